The number of benzene rings is 2. The van der Waals surface area contributed by atoms with Crippen molar-refractivity contribution in [1.82, 2.24) is 9.80 Å². The molecule has 2 unspecified atom stereocenters. The molecule has 0 fully saturated rings. The fourth-order valence-electron chi connectivity index (χ4n) is 2.76. The van der Waals surface area contributed by atoms with Gasteiger partial charge in [0.2, 0.25) is 5.91 Å². The molecular weight excluding hydrogens is 406 g/mol. The maximum atomic E-state index is 12.6. The van der Waals surface area contributed by atoms with Crippen LogP contribution in [0.1, 0.15) is 35.8 Å². The summed E-state index contributed by atoms with van der Waals surface area (Å²) in [6.45, 7) is 3.42. The molecule has 2 aromatic carbocycles. The van der Waals surface area contributed by atoms with Gasteiger partial charge in [0, 0.05) is 18.3 Å². The molecule has 0 aliphatic heterocycles. The lowest BCUT2D eigenvalue weighted by atomic mass is 10.1. The molecule has 8 heteroatoms. The van der Waals surface area contributed by atoms with Gasteiger partial charge in [0.05, 0.1) is 12.6 Å². The first kappa shape index (κ1) is 25.1. The zero-order valence-corrected chi connectivity index (χ0v) is 18.3. The second-order valence-electron chi connectivity index (χ2n) is 7.06. The zero-order chi connectivity index (χ0) is 21.6. The maximum absolute atomic E-state index is 12.6. The summed E-state index contributed by atoms with van der Waals surface area (Å²) in [5.41, 5.74) is 2.06. The van der Waals surface area contributed by atoms with Crippen molar-refractivity contribution < 1.29 is 19.5 Å². The molecule has 2 atom stereocenters. The standard InChI is InChI=1S/C22H27N3O4.ClH/c1-15(25(4)20(26)14-24(3)16(2)22(28)29)18-11-8-12-19(13-18)23-21(27)17-9-6-5-7-10-17;/h5-13,15-16H,14H2,1-4H3,(H,23,27)(H,28,29);1H. The summed E-state index contributed by atoms with van der Waals surface area (Å²) in [6.07, 6.45) is 0. The molecule has 7 nitrogen and oxygen atoms in total. The maximum Gasteiger partial charge on any atom is 0.320 e. The summed E-state index contributed by atoms with van der Waals surface area (Å²) < 4.78 is 0. The molecule has 0 spiro atoms. The molecular formula is C22H28ClN3O4. The Labute approximate surface area is 183 Å². The third kappa shape index (κ3) is 6.57. The molecule has 0 heterocycles. The third-order valence-electron chi connectivity index (χ3n) is 5.04. The van der Waals surface area contributed by atoms with Crippen LogP contribution in [0.3, 0.4) is 0 Å². The lowest BCUT2D eigenvalue weighted by molar-refractivity contribution is -0.143. The first-order valence-corrected chi connectivity index (χ1v) is 9.35. The van der Waals surface area contributed by atoms with Crippen molar-refractivity contribution in [2.75, 3.05) is 26.0 Å². The van der Waals surface area contributed by atoms with E-state index in [1.54, 1.807) is 49.3 Å². The summed E-state index contributed by atoms with van der Waals surface area (Å²) in [5, 5.41) is 11.9. The topological polar surface area (TPSA) is 89.9 Å². The van der Waals surface area contributed by atoms with E-state index in [0.717, 1.165) is 5.56 Å². The van der Waals surface area contributed by atoms with E-state index in [9.17, 15) is 14.4 Å². The van der Waals surface area contributed by atoms with E-state index in [4.69, 9.17) is 5.11 Å². The molecule has 0 radical (unpaired) electrons. The van der Waals surface area contributed by atoms with Crippen LogP contribution < -0.4 is 5.32 Å². The van der Waals surface area contributed by atoms with Gasteiger partial charge in [0.25, 0.3) is 5.91 Å². The van der Waals surface area contributed by atoms with Crippen molar-refractivity contribution in [3.05, 3.63) is 65.7 Å². The van der Waals surface area contributed by atoms with Gasteiger partial charge in [-0.25, -0.2) is 0 Å². The number of carboxylic acids is 1. The fourth-order valence-corrected chi connectivity index (χ4v) is 2.76. The van der Waals surface area contributed by atoms with Crippen LogP contribution in [-0.2, 0) is 9.59 Å². The SMILES string of the molecule is CC(C(=O)O)N(C)CC(=O)N(C)C(C)c1cccc(NC(=O)c2ccccc2)c1.Cl. The van der Waals surface area contributed by atoms with Crippen molar-refractivity contribution in [3.63, 3.8) is 0 Å². The summed E-state index contributed by atoms with van der Waals surface area (Å²) in [6, 6.07) is 15.3. The molecule has 2 rings (SSSR count). The van der Waals surface area contributed by atoms with E-state index in [0.29, 0.717) is 11.3 Å². The van der Waals surface area contributed by atoms with Crippen LogP contribution >= 0.6 is 12.4 Å². The van der Waals surface area contributed by atoms with Gasteiger partial charge in [-0.2, -0.15) is 0 Å². The molecule has 0 saturated carbocycles. The average molecular weight is 434 g/mol. The number of likely N-dealkylation sites (N-methyl/N-ethyl adjacent to an activating group) is 2. The number of nitrogens with one attached hydrogen (secondary N) is 1. The molecule has 0 aliphatic carbocycles. The van der Waals surface area contributed by atoms with Crippen LogP contribution in [-0.4, -0.2) is 59.4 Å². The fraction of sp³-hybridized carbons (Fsp3) is 0.318. The highest BCUT2D eigenvalue weighted by Gasteiger charge is 2.23. The van der Waals surface area contributed by atoms with Gasteiger partial charge < -0.3 is 15.3 Å². The zero-order valence-electron chi connectivity index (χ0n) is 17.5. The number of anilines is 1. The van der Waals surface area contributed by atoms with Gasteiger partial charge in [-0.15, -0.1) is 12.4 Å². The van der Waals surface area contributed by atoms with Crippen LogP contribution in [0.2, 0.25) is 0 Å². The van der Waals surface area contributed by atoms with Crippen LogP contribution in [0.25, 0.3) is 0 Å². The first-order chi connectivity index (χ1) is 13.7. The lowest BCUT2D eigenvalue weighted by Crippen LogP contribution is -2.43. The van der Waals surface area contributed by atoms with Crippen molar-refractivity contribution >= 4 is 35.9 Å². The van der Waals surface area contributed by atoms with Crippen LogP contribution in [0, 0.1) is 0 Å². The smallest absolute Gasteiger partial charge is 0.320 e. The van der Waals surface area contributed by atoms with Crippen molar-refractivity contribution in [1.29, 1.82) is 0 Å². The minimum atomic E-state index is -0.974. The number of nitrogens with zero attached hydrogens (tertiary/aromatic N) is 2. The average Bonchev–Trinajstić information content (AvgIpc) is 2.72. The number of amides is 2. The predicted octanol–water partition coefficient (Wildman–Crippen LogP) is 3.29. The lowest BCUT2D eigenvalue weighted by Gasteiger charge is -2.29. The van der Waals surface area contributed by atoms with Gasteiger partial charge in [-0.1, -0.05) is 30.3 Å². The Morgan fingerprint density at radius 1 is 1.00 bits per heavy atom. The molecule has 2 amide bonds. The molecule has 2 N–H and O–H groups in total. The highest BCUT2D eigenvalue weighted by atomic mass is 35.5. The second kappa shape index (κ2) is 11.3. The molecule has 0 bridgehead atoms. The van der Waals surface area contributed by atoms with E-state index in [2.05, 4.69) is 5.32 Å². The molecule has 0 saturated heterocycles. The molecule has 0 aliphatic rings. The number of hydrogen-bond donors (Lipinski definition) is 2. The Morgan fingerprint density at radius 3 is 2.23 bits per heavy atom. The number of carbonyl (C=O) groups is 3. The number of halogens is 1. The number of carboxylic acid groups (broad SMARTS) is 1. The molecule has 0 aromatic heterocycles. The third-order valence-corrected chi connectivity index (χ3v) is 5.04. The Hall–Kier alpha value is -2.90. The Kier molecular flexibility index (Phi) is 9.49. The van der Waals surface area contributed by atoms with Crippen LogP contribution in [0.5, 0.6) is 0 Å². The van der Waals surface area contributed by atoms with Crippen molar-refractivity contribution in [2.45, 2.75) is 25.9 Å². The Balaban J connectivity index is 0.00000450. The van der Waals surface area contributed by atoms with Gasteiger partial charge >= 0.3 is 5.97 Å². The number of aliphatic carboxylic acids is 1. The summed E-state index contributed by atoms with van der Waals surface area (Å²) in [4.78, 5) is 39.1. The second-order valence-corrected chi connectivity index (χ2v) is 7.06. The van der Waals surface area contributed by atoms with E-state index >= 15 is 0 Å². The van der Waals surface area contributed by atoms with Gasteiger partial charge in [0.1, 0.15) is 6.04 Å². The summed E-state index contributed by atoms with van der Waals surface area (Å²) >= 11 is 0. The molecule has 30 heavy (non-hydrogen) atoms. The largest absolute Gasteiger partial charge is 0.480 e. The first-order valence-electron chi connectivity index (χ1n) is 9.35. The van der Waals surface area contributed by atoms with Crippen molar-refractivity contribution in [3.8, 4) is 0 Å². The van der Waals surface area contributed by atoms with E-state index in [1.165, 1.54) is 11.8 Å². The number of carbonyl (C=O) groups excluding carboxylic acids is 2. The highest BCUT2D eigenvalue weighted by molar-refractivity contribution is 6.04. The molecule has 162 valence electrons. The Bertz CT molecular complexity index is 876. The Morgan fingerprint density at radius 2 is 1.63 bits per heavy atom. The number of hydrogen-bond acceptors (Lipinski definition) is 4. The van der Waals surface area contributed by atoms with Crippen LogP contribution in [0.15, 0.2) is 54.6 Å². The quantitative estimate of drug-likeness (QED) is 0.666. The van der Waals surface area contributed by atoms with E-state index in [-0.39, 0.29) is 36.8 Å². The summed E-state index contributed by atoms with van der Waals surface area (Å²) in [5.74, 6) is -1.37. The van der Waals surface area contributed by atoms with Crippen LogP contribution in [0.4, 0.5) is 5.69 Å². The van der Waals surface area contributed by atoms with Gasteiger partial charge in [0.15, 0.2) is 0 Å². The normalized spacial score (nSPS) is 12.4. The number of rotatable bonds is 8. The van der Waals surface area contributed by atoms with Gasteiger partial charge in [-0.3, -0.25) is 19.3 Å². The molecule has 2 aromatic rings. The van der Waals surface area contributed by atoms with Crippen molar-refractivity contribution in [2.24, 2.45) is 0 Å². The van der Waals surface area contributed by atoms with Gasteiger partial charge in [-0.05, 0) is 50.7 Å². The van der Waals surface area contributed by atoms with E-state index in [1.807, 2.05) is 31.2 Å². The monoisotopic (exact) mass is 433 g/mol. The minimum Gasteiger partial charge on any atom is -0.480 e. The predicted molar refractivity (Wildman–Crippen MR) is 119 cm³/mol. The summed E-state index contributed by atoms with van der Waals surface area (Å²) in [7, 11) is 3.29. The minimum absolute atomic E-state index is 0. The highest BCUT2D eigenvalue weighted by Crippen LogP contribution is 2.22. The van der Waals surface area contributed by atoms with E-state index < -0.39 is 12.0 Å².